The second-order valence-electron chi connectivity index (χ2n) is 27.6. The van der Waals surface area contributed by atoms with E-state index in [1.807, 2.05) is 0 Å². The summed E-state index contributed by atoms with van der Waals surface area (Å²) in [5.74, 6) is 0. The van der Waals surface area contributed by atoms with Crippen LogP contribution in [0.5, 0.6) is 0 Å². The zero-order valence-corrected chi connectivity index (χ0v) is 59.5. The van der Waals surface area contributed by atoms with Crippen LogP contribution in [0.3, 0.4) is 0 Å². The van der Waals surface area contributed by atoms with Crippen molar-refractivity contribution in [1.29, 1.82) is 0 Å². The Kier molecular flexibility index (Phi) is 18.2. The van der Waals surface area contributed by atoms with E-state index in [1.165, 1.54) is 0 Å². The summed E-state index contributed by atoms with van der Waals surface area (Å²) in [5, 5.41) is 0. The molecular formula is C50H102O15Si11. The lowest BCUT2D eigenvalue weighted by Gasteiger charge is -2.64. The molecule has 0 aromatic carbocycles. The van der Waals surface area contributed by atoms with Crippen molar-refractivity contribution in [1.82, 2.24) is 0 Å². The molecule has 26 heteroatoms. The van der Waals surface area contributed by atoms with Crippen LogP contribution in [0.25, 0.3) is 0 Å². The Balaban J connectivity index is 1.28. The van der Waals surface area contributed by atoms with Gasteiger partial charge in [-0.2, -0.15) is 0 Å². The van der Waals surface area contributed by atoms with Gasteiger partial charge in [0.25, 0.3) is 0 Å². The van der Waals surface area contributed by atoms with Gasteiger partial charge in [0.1, 0.15) is 0 Å². The molecule has 76 heavy (non-hydrogen) atoms. The lowest BCUT2D eigenvalue weighted by molar-refractivity contribution is -0.0167. The normalized spacial score (nSPS) is 43.5. The number of rotatable bonds is 7. The van der Waals surface area contributed by atoms with E-state index < -0.39 is 95.9 Å². The molecule has 11 rings (SSSR count). The summed E-state index contributed by atoms with van der Waals surface area (Å²) in [7, 11) is -43.0. The maximum Gasteiger partial charge on any atom is 0.486 e. The summed E-state index contributed by atoms with van der Waals surface area (Å²) < 4.78 is 118. The highest BCUT2D eigenvalue weighted by Crippen LogP contribution is 2.63. The van der Waals surface area contributed by atoms with Crippen molar-refractivity contribution >= 4 is 95.9 Å². The molecule has 7 aliphatic carbocycles. The lowest BCUT2D eigenvalue weighted by Crippen LogP contribution is -2.86. The standard InChI is InChI=1S/C50H102O15Si11/c1-66(2)52-67(3,4)54-69(7,8)56-72(46-34-20-11-21-35-46)60-74(48-38-24-13-25-39-48)58-70(51,44-30-16-9-17-31-44)57-73(47-36-22-12-23-37-47)59-71(55-68(5,6)53-66,45-32-18-10-19-33-45)61-75(62-72,49-40-26-14-27-41-49)65-76(63-73,64-74)50-42-28-15-29-43-50/h44-51H,9-43H2,1-8H3. The van der Waals surface area contributed by atoms with E-state index in [0.29, 0.717) is 0 Å². The third kappa shape index (κ3) is 12.5. The average molecular weight is 1250 g/mol. The highest BCUT2D eigenvalue weighted by molar-refractivity contribution is 7.02. The third-order valence-electron chi connectivity index (χ3n) is 19.6. The summed E-state index contributed by atoms with van der Waals surface area (Å²) in [6.45, 7) is 17.4. The Hall–Kier alpha value is 1.79. The first kappa shape index (κ1) is 59.5. The van der Waals surface area contributed by atoms with Gasteiger partial charge in [0, 0.05) is 38.8 Å². The van der Waals surface area contributed by atoms with Gasteiger partial charge in [0.15, 0.2) is 0 Å². The highest BCUT2D eigenvalue weighted by atomic mass is 28.6. The van der Waals surface area contributed by atoms with E-state index in [-0.39, 0.29) is 38.8 Å². The van der Waals surface area contributed by atoms with Gasteiger partial charge in [-0.15, -0.1) is 0 Å². The van der Waals surface area contributed by atoms with Crippen molar-refractivity contribution in [2.75, 3.05) is 0 Å². The van der Waals surface area contributed by atoms with E-state index in [2.05, 4.69) is 52.4 Å². The molecule has 7 saturated carbocycles. The fraction of sp³-hybridized carbons (Fsp3) is 1.00. The molecule has 4 heterocycles. The van der Waals surface area contributed by atoms with Gasteiger partial charge in [0.05, 0.1) is 0 Å². The van der Waals surface area contributed by atoms with Crippen LogP contribution in [0.15, 0.2) is 0 Å². The van der Waals surface area contributed by atoms with Crippen molar-refractivity contribution in [2.24, 2.45) is 0 Å². The van der Waals surface area contributed by atoms with Gasteiger partial charge >= 0.3 is 95.9 Å². The molecule has 0 aromatic rings. The molecule has 11 fully saturated rings. The molecule has 0 radical (unpaired) electrons. The Morgan fingerprint density at radius 3 is 0.566 bits per heavy atom. The Labute approximate surface area is 471 Å². The Bertz CT molecular complexity index is 1860. The van der Waals surface area contributed by atoms with Crippen LogP contribution in [0.1, 0.15) is 225 Å². The predicted molar refractivity (Wildman–Crippen MR) is 315 cm³/mol. The Morgan fingerprint density at radius 1 is 0.197 bits per heavy atom. The average Bonchev–Trinajstić information content (AvgIpc) is 3.52. The smallest absolute Gasteiger partial charge is 0.416 e. The van der Waals surface area contributed by atoms with Crippen molar-refractivity contribution in [3.8, 4) is 0 Å². The second-order valence-corrected chi connectivity index (χ2v) is 64.5. The molecule has 4 unspecified atom stereocenters. The molecule has 0 amide bonds. The van der Waals surface area contributed by atoms with E-state index in [1.54, 1.807) is 0 Å². The van der Waals surface area contributed by atoms with Gasteiger partial charge in [-0.3, -0.25) is 0 Å². The largest absolute Gasteiger partial charge is 0.486 e. The van der Waals surface area contributed by atoms with Crippen molar-refractivity contribution in [2.45, 2.75) is 316 Å². The molecule has 0 aromatic heterocycles. The fourth-order valence-corrected chi connectivity index (χ4v) is 84.3. The van der Waals surface area contributed by atoms with Gasteiger partial charge in [-0.1, -0.05) is 135 Å². The second kappa shape index (κ2) is 23.2. The zero-order valence-electron chi connectivity index (χ0n) is 48.5. The van der Waals surface area contributed by atoms with Crippen LogP contribution < -0.4 is 0 Å². The van der Waals surface area contributed by atoms with Crippen molar-refractivity contribution < 1.29 is 62.4 Å². The molecule has 6 bridgehead atoms. The number of fused-ring (bicyclic) bond motifs is 4. The summed E-state index contributed by atoms with van der Waals surface area (Å²) in [5.41, 5.74) is -0.871. The van der Waals surface area contributed by atoms with Crippen LogP contribution in [0, 0.1) is 0 Å². The number of hydrogen-bond acceptors (Lipinski definition) is 15. The first-order valence-corrected chi connectivity index (χ1v) is 55.6. The molecule has 15 nitrogen and oxygen atoms in total. The van der Waals surface area contributed by atoms with E-state index in [4.69, 9.17) is 57.6 Å². The van der Waals surface area contributed by atoms with Crippen LogP contribution in [0.4, 0.5) is 0 Å². The SMILES string of the molecule is C[Si]1(C)O[Si](C)(C)O[Si](C)(C)O[Si]2(C3CCCCC3)O[Si]3(C4CCCCC4)O[Si](O)(C4CCCCC4)O[Si]4(C5CCCCC5)O[Si](C5CCCCC5)(O[Si](C)(C)O1)O[Si](C1CCCCC1)(O2)O[Si](C1CCCCC1)(O4)O3. The van der Waals surface area contributed by atoms with E-state index >= 15 is 0 Å². The van der Waals surface area contributed by atoms with E-state index in [9.17, 15) is 4.80 Å². The summed E-state index contributed by atoms with van der Waals surface area (Å²) in [6.07, 6.45) is 34.7. The van der Waals surface area contributed by atoms with Gasteiger partial charge in [-0.25, -0.2) is 0 Å². The minimum absolute atomic E-state index is 0.0732. The quantitative estimate of drug-likeness (QED) is 0.241. The maximum atomic E-state index is 14.8. The van der Waals surface area contributed by atoms with Gasteiger partial charge in [0.2, 0.25) is 0 Å². The first-order valence-electron chi connectivity index (χ1n) is 31.7. The van der Waals surface area contributed by atoms with Gasteiger partial charge < -0.3 is 62.4 Å². The lowest BCUT2D eigenvalue weighted by atomic mass is 10.0. The topological polar surface area (TPSA) is 149 Å². The highest BCUT2D eigenvalue weighted by Gasteiger charge is 2.84. The summed E-state index contributed by atoms with van der Waals surface area (Å²) in [6, 6.07) is 0. The fourth-order valence-electron chi connectivity index (χ4n) is 16.6. The first-order chi connectivity index (χ1) is 36.1. The molecule has 4 atom stereocenters. The van der Waals surface area contributed by atoms with Crippen LogP contribution in [-0.4, -0.2) is 101 Å². The molecule has 436 valence electrons. The third-order valence-corrected chi connectivity index (χ3v) is 69.2. The molecule has 4 saturated heterocycles. The molecular weight excluding hydrogens is 1150 g/mol. The van der Waals surface area contributed by atoms with Crippen LogP contribution in [-0.2, 0) is 57.6 Å². The van der Waals surface area contributed by atoms with Crippen LogP contribution in [0.2, 0.25) is 91.2 Å². The Morgan fingerprint density at radius 2 is 0.355 bits per heavy atom. The van der Waals surface area contributed by atoms with E-state index in [0.717, 1.165) is 225 Å². The minimum atomic E-state index is -4.49. The zero-order chi connectivity index (χ0) is 53.2. The summed E-state index contributed by atoms with van der Waals surface area (Å²) >= 11 is 0. The van der Waals surface area contributed by atoms with Crippen LogP contribution >= 0.6 is 0 Å². The molecule has 11 aliphatic rings. The summed E-state index contributed by atoms with van der Waals surface area (Å²) in [4.78, 5) is 14.8. The maximum absolute atomic E-state index is 14.8. The monoisotopic (exact) mass is 1250 g/mol. The predicted octanol–water partition coefficient (Wildman–Crippen LogP) is 15.0. The van der Waals surface area contributed by atoms with Gasteiger partial charge in [-0.05, 0) is 142 Å². The van der Waals surface area contributed by atoms with Crippen molar-refractivity contribution in [3.05, 3.63) is 0 Å². The minimum Gasteiger partial charge on any atom is -0.416 e. The van der Waals surface area contributed by atoms with Crippen molar-refractivity contribution in [3.63, 3.8) is 0 Å². The molecule has 0 spiro atoms. The molecule has 1 N–H and O–H groups in total. The number of hydrogen-bond donors (Lipinski definition) is 1. The molecule has 4 aliphatic heterocycles.